The number of anilines is 1. The summed E-state index contributed by atoms with van der Waals surface area (Å²) in [6, 6.07) is 9.52. The molecular weight excluding hydrogens is 347 g/mol. The van der Waals surface area contributed by atoms with E-state index in [4.69, 9.17) is 0 Å². The van der Waals surface area contributed by atoms with Crippen LogP contribution in [0.4, 0.5) is 18.9 Å². The van der Waals surface area contributed by atoms with Crippen LogP contribution in [0.3, 0.4) is 0 Å². The van der Waals surface area contributed by atoms with Crippen molar-refractivity contribution in [3.63, 3.8) is 0 Å². The van der Waals surface area contributed by atoms with Crippen molar-refractivity contribution < 1.29 is 18.0 Å². The van der Waals surface area contributed by atoms with E-state index in [1.807, 2.05) is 6.92 Å². The molecule has 2 nitrogen and oxygen atoms in total. The molecule has 0 aromatic heterocycles. The summed E-state index contributed by atoms with van der Waals surface area (Å²) in [4.78, 5) is 12.0. The van der Waals surface area contributed by atoms with Crippen LogP contribution in [0, 0.1) is 6.92 Å². The number of halogens is 4. The fourth-order valence-corrected chi connectivity index (χ4v) is 2.09. The molecule has 0 unspecified atom stereocenters. The second kappa shape index (κ2) is 5.89. The third-order valence-electron chi connectivity index (χ3n) is 2.88. The summed E-state index contributed by atoms with van der Waals surface area (Å²) in [5.74, 6) is -0.463. The zero-order valence-corrected chi connectivity index (χ0v) is 12.5. The Kier molecular flexibility index (Phi) is 4.37. The number of hydrogen-bond acceptors (Lipinski definition) is 1. The standard InChI is InChI=1S/C15H11BrF3NO/c1-9-5-6-10(7-13(9)16)14(21)20-12-4-2-3-11(8-12)15(17,18)19/h2-8H,1H3,(H,20,21). The predicted molar refractivity (Wildman–Crippen MR) is 78.3 cm³/mol. The molecule has 0 spiro atoms. The number of carbonyl (C=O) groups is 1. The van der Waals surface area contributed by atoms with Crippen LogP contribution in [-0.2, 0) is 6.18 Å². The van der Waals surface area contributed by atoms with Gasteiger partial charge in [-0.3, -0.25) is 4.79 Å². The van der Waals surface area contributed by atoms with Gasteiger partial charge in [-0.1, -0.05) is 28.1 Å². The van der Waals surface area contributed by atoms with Gasteiger partial charge in [0.25, 0.3) is 5.91 Å². The number of hydrogen-bond donors (Lipinski definition) is 1. The van der Waals surface area contributed by atoms with Crippen LogP contribution in [0.25, 0.3) is 0 Å². The second-order valence-corrected chi connectivity index (χ2v) is 5.35. The van der Waals surface area contributed by atoms with Crippen LogP contribution in [0.15, 0.2) is 46.9 Å². The molecule has 1 amide bonds. The molecule has 0 saturated heterocycles. The van der Waals surface area contributed by atoms with Crippen LogP contribution < -0.4 is 5.32 Å². The third kappa shape index (κ3) is 3.85. The molecule has 6 heteroatoms. The van der Waals surface area contributed by atoms with E-state index in [2.05, 4.69) is 21.2 Å². The first-order valence-corrected chi connectivity index (χ1v) is 6.81. The Morgan fingerprint density at radius 2 is 1.86 bits per heavy atom. The van der Waals surface area contributed by atoms with E-state index in [9.17, 15) is 18.0 Å². The lowest BCUT2D eigenvalue weighted by molar-refractivity contribution is -0.137. The Bertz CT molecular complexity index is 683. The SMILES string of the molecule is Cc1ccc(C(=O)Nc2cccc(C(F)(F)F)c2)cc1Br. The molecule has 0 bridgehead atoms. The van der Waals surface area contributed by atoms with Crippen LogP contribution in [-0.4, -0.2) is 5.91 Å². The largest absolute Gasteiger partial charge is 0.416 e. The van der Waals surface area contributed by atoms with Gasteiger partial charge in [0.05, 0.1) is 5.56 Å². The van der Waals surface area contributed by atoms with Crippen molar-refractivity contribution >= 4 is 27.5 Å². The molecule has 0 atom stereocenters. The molecule has 21 heavy (non-hydrogen) atoms. The van der Waals surface area contributed by atoms with E-state index >= 15 is 0 Å². The average molecular weight is 358 g/mol. The van der Waals surface area contributed by atoms with E-state index in [0.29, 0.717) is 5.56 Å². The quantitative estimate of drug-likeness (QED) is 0.802. The molecule has 0 heterocycles. The van der Waals surface area contributed by atoms with Gasteiger partial charge in [0.15, 0.2) is 0 Å². The highest BCUT2D eigenvalue weighted by molar-refractivity contribution is 9.10. The summed E-state index contributed by atoms with van der Waals surface area (Å²) in [6.07, 6.45) is -4.44. The smallest absolute Gasteiger partial charge is 0.322 e. The Labute approximate surface area is 128 Å². The average Bonchev–Trinajstić information content (AvgIpc) is 2.41. The van der Waals surface area contributed by atoms with Crippen molar-refractivity contribution in [1.82, 2.24) is 0 Å². The second-order valence-electron chi connectivity index (χ2n) is 4.50. The molecule has 110 valence electrons. The summed E-state index contributed by atoms with van der Waals surface area (Å²) >= 11 is 3.31. The predicted octanol–water partition coefficient (Wildman–Crippen LogP) is 5.03. The Hall–Kier alpha value is -1.82. The minimum atomic E-state index is -4.44. The number of carbonyl (C=O) groups excluding carboxylic acids is 1. The summed E-state index contributed by atoms with van der Waals surface area (Å²) < 4.78 is 38.6. The van der Waals surface area contributed by atoms with Gasteiger partial charge in [-0.15, -0.1) is 0 Å². The zero-order valence-electron chi connectivity index (χ0n) is 11.0. The van der Waals surface area contributed by atoms with Crippen LogP contribution in [0.2, 0.25) is 0 Å². The summed E-state index contributed by atoms with van der Waals surface area (Å²) in [5.41, 5.74) is 0.632. The van der Waals surface area contributed by atoms with Gasteiger partial charge in [0, 0.05) is 15.7 Å². The highest BCUT2D eigenvalue weighted by Gasteiger charge is 2.30. The molecule has 2 rings (SSSR count). The highest BCUT2D eigenvalue weighted by atomic mass is 79.9. The lowest BCUT2D eigenvalue weighted by atomic mass is 10.1. The number of rotatable bonds is 2. The molecule has 0 aliphatic rings. The molecule has 1 N–H and O–H groups in total. The lowest BCUT2D eigenvalue weighted by Crippen LogP contribution is -2.13. The van der Waals surface area contributed by atoms with Gasteiger partial charge in [-0.2, -0.15) is 13.2 Å². The third-order valence-corrected chi connectivity index (χ3v) is 3.74. The van der Waals surface area contributed by atoms with Crippen LogP contribution in [0.5, 0.6) is 0 Å². The number of nitrogens with one attached hydrogen (secondary N) is 1. The maximum absolute atomic E-state index is 12.6. The first-order valence-electron chi connectivity index (χ1n) is 6.02. The minimum absolute atomic E-state index is 0.103. The number of benzene rings is 2. The van der Waals surface area contributed by atoms with E-state index in [1.54, 1.807) is 18.2 Å². The number of aryl methyl sites for hydroxylation is 1. The molecule has 2 aromatic rings. The van der Waals surface area contributed by atoms with Gasteiger partial charge >= 0.3 is 6.18 Å². The fraction of sp³-hybridized carbons (Fsp3) is 0.133. The first-order chi connectivity index (χ1) is 9.77. The van der Waals surface area contributed by atoms with Gasteiger partial charge in [0.1, 0.15) is 0 Å². The first kappa shape index (κ1) is 15.6. The van der Waals surface area contributed by atoms with Crippen molar-refractivity contribution in [3.05, 3.63) is 63.6 Å². The van der Waals surface area contributed by atoms with Crippen molar-refractivity contribution in [3.8, 4) is 0 Å². The summed E-state index contributed by atoms with van der Waals surface area (Å²) in [7, 11) is 0. The normalized spacial score (nSPS) is 11.3. The minimum Gasteiger partial charge on any atom is -0.322 e. The molecule has 0 saturated carbocycles. The fourth-order valence-electron chi connectivity index (χ4n) is 1.71. The molecule has 0 aliphatic heterocycles. The highest BCUT2D eigenvalue weighted by Crippen LogP contribution is 2.30. The number of amides is 1. The Morgan fingerprint density at radius 1 is 1.14 bits per heavy atom. The van der Waals surface area contributed by atoms with Crippen molar-refractivity contribution in [2.45, 2.75) is 13.1 Å². The van der Waals surface area contributed by atoms with Crippen LogP contribution in [0.1, 0.15) is 21.5 Å². The van der Waals surface area contributed by atoms with Crippen LogP contribution >= 0.6 is 15.9 Å². The van der Waals surface area contributed by atoms with Gasteiger partial charge in [-0.25, -0.2) is 0 Å². The van der Waals surface area contributed by atoms with Crippen molar-refractivity contribution in [2.24, 2.45) is 0 Å². The monoisotopic (exact) mass is 357 g/mol. The topological polar surface area (TPSA) is 29.1 Å². The molecular formula is C15H11BrF3NO. The van der Waals surface area contributed by atoms with Gasteiger partial charge < -0.3 is 5.32 Å². The lowest BCUT2D eigenvalue weighted by Gasteiger charge is -2.10. The molecule has 0 radical (unpaired) electrons. The number of alkyl halides is 3. The van der Waals surface area contributed by atoms with E-state index in [1.165, 1.54) is 12.1 Å². The molecule has 0 fully saturated rings. The maximum Gasteiger partial charge on any atom is 0.416 e. The van der Waals surface area contributed by atoms with Gasteiger partial charge in [-0.05, 0) is 42.8 Å². The van der Waals surface area contributed by atoms with Gasteiger partial charge in [0.2, 0.25) is 0 Å². The van der Waals surface area contributed by atoms with E-state index in [-0.39, 0.29) is 5.69 Å². The van der Waals surface area contributed by atoms with Crippen molar-refractivity contribution in [1.29, 1.82) is 0 Å². The molecule has 2 aromatic carbocycles. The maximum atomic E-state index is 12.6. The summed E-state index contributed by atoms with van der Waals surface area (Å²) in [6.45, 7) is 1.87. The molecule has 0 aliphatic carbocycles. The zero-order chi connectivity index (χ0) is 15.6. The van der Waals surface area contributed by atoms with E-state index in [0.717, 1.165) is 22.2 Å². The Morgan fingerprint density at radius 3 is 2.48 bits per heavy atom. The van der Waals surface area contributed by atoms with Crippen molar-refractivity contribution in [2.75, 3.05) is 5.32 Å². The Balaban J connectivity index is 2.21. The summed E-state index contributed by atoms with van der Waals surface area (Å²) in [5, 5.41) is 2.46. The van der Waals surface area contributed by atoms with E-state index < -0.39 is 17.6 Å².